The molecule has 2 rings (SSSR count). The van der Waals surface area contributed by atoms with Gasteiger partial charge < -0.3 is 10.1 Å². The molecule has 0 aromatic heterocycles. The number of fused-ring (bicyclic) bond motifs is 1. The van der Waals surface area contributed by atoms with E-state index < -0.39 is 5.82 Å². The first-order valence-electron chi connectivity index (χ1n) is 3.98. The quantitative estimate of drug-likeness (QED) is 0.585. The third-order valence-corrected chi connectivity index (χ3v) is 3.18. The van der Waals surface area contributed by atoms with Crippen LogP contribution in [0.25, 0.3) is 0 Å². The van der Waals surface area contributed by atoms with E-state index >= 15 is 0 Å². The second-order valence-corrected chi connectivity index (χ2v) is 4.45. The molecule has 0 saturated carbocycles. The highest BCUT2D eigenvalue weighted by atomic mass is 127. The van der Waals surface area contributed by atoms with Gasteiger partial charge in [0.1, 0.15) is 17.7 Å². The van der Waals surface area contributed by atoms with Crippen molar-refractivity contribution in [1.82, 2.24) is 0 Å². The molecule has 0 radical (unpaired) electrons. The highest BCUT2D eigenvalue weighted by Gasteiger charge is 2.22. The molecule has 15 heavy (non-hydrogen) atoms. The number of halogens is 2. The molecule has 0 unspecified atom stereocenters. The molecule has 1 aliphatic rings. The second-order valence-electron chi connectivity index (χ2n) is 2.88. The Hall–Kier alpha value is -0.940. The van der Waals surface area contributed by atoms with Gasteiger partial charge in [-0.05, 0) is 28.7 Å². The molecular weight excluding hydrogens is 330 g/mol. The predicted molar refractivity (Wildman–Crippen MR) is 65.5 cm³/mol. The van der Waals surface area contributed by atoms with Crippen molar-refractivity contribution in [3.63, 3.8) is 0 Å². The standard InChI is InChI=1S/C9H4FIN2OS/c10-7-8(11)4(2-12)1-5-9(7)14-3-6(15)13-5/h1H,3H2,(H,13,15). The van der Waals surface area contributed by atoms with Gasteiger partial charge in [-0.25, -0.2) is 4.39 Å². The van der Waals surface area contributed by atoms with Gasteiger partial charge in [-0.3, -0.25) is 0 Å². The fraction of sp³-hybridized carbons (Fsp3) is 0.111. The van der Waals surface area contributed by atoms with Gasteiger partial charge in [0.15, 0.2) is 11.6 Å². The monoisotopic (exact) mass is 334 g/mol. The molecule has 3 nitrogen and oxygen atoms in total. The van der Waals surface area contributed by atoms with Crippen LogP contribution in [0.4, 0.5) is 10.1 Å². The smallest absolute Gasteiger partial charge is 0.181 e. The van der Waals surface area contributed by atoms with Crippen LogP contribution in [0.5, 0.6) is 5.75 Å². The molecule has 1 N–H and O–H groups in total. The molecule has 1 aromatic rings. The second kappa shape index (κ2) is 3.90. The Balaban J connectivity index is 2.64. The Bertz CT molecular complexity index is 498. The van der Waals surface area contributed by atoms with E-state index in [4.69, 9.17) is 22.2 Å². The van der Waals surface area contributed by atoms with Crippen LogP contribution >= 0.6 is 34.8 Å². The summed E-state index contributed by atoms with van der Waals surface area (Å²) >= 11 is 6.67. The zero-order chi connectivity index (χ0) is 11.0. The topological polar surface area (TPSA) is 45.0 Å². The summed E-state index contributed by atoms with van der Waals surface area (Å²) in [5, 5.41) is 11.6. The number of benzene rings is 1. The van der Waals surface area contributed by atoms with Crippen molar-refractivity contribution in [2.75, 3.05) is 11.9 Å². The Morgan fingerprint density at radius 2 is 2.40 bits per heavy atom. The van der Waals surface area contributed by atoms with Crippen molar-refractivity contribution >= 4 is 45.5 Å². The van der Waals surface area contributed by atoms with E-state index in [1.165, 1.54) is 6.07 Å². The Morgan fingerprint density at radius 3 is 3.07 bits per heavy atom. The summed E-state index contributed by atoms with van der Waals surface area (Å²) in [5.41, 5.74) is 0.688. The molecule has 0 bridgehead atoms. The fourth-order valence-corrected chi connectivity index (χ4v) is 1.94. The van der Waals surface area contributed by atoms with Gasteiger partial charge in [-0.15, -0.1) is 0 Å². The number of thiocarbonyl (C=S) groups is 1. The number of anilines is 1. The first-order valence-corrected chi connectivity index (χ1v) is 5.47. The third kappa shape index (κ3) is 1.77. The first-order chi connectivity index (χ1) is 7.13. The predicted octanol–water partition coefficient (Wildman–Crippen LogP) is 2.43. The molecule has 0 atom stereocenters. The van der Waals surface area contributed by atoms with Gasteiger partial charge >= 0.3 is 0 Å². The number of hydrogen-bond donors (Lipinski definition) is 1. The number of hydrogen-bond acceptors (Lipinski definition) is 3. The van der Waals surface area contributed by atoms with E-state index in [1.54, 1.807) is 22.6 Å². The van der Waals surface area contributed by atoms with Crippen molar-refractivity contribution in [3.05, 3.63) is 21.0 Å². The average Bonchev–Trinajstić information content (AvgIpc) is 2.23. The van der Waals surface area contributed by atoms with Crippen LogP contribution in [-0.2, 0) is 0 Å². The highest BCUT2D eigenvalue weighted by Crippen LogP contribution is 2.35. The number of nitriles is 1. The van der Waals surface area contributed by atoms with E-state index in [2.05, 4.69) is 5.32 Å². The van der Waals surface area contributed by atoms with Crippen molar-refractivity contribution < 1.29 is 9.13 Å². The molecule has 1 aliphatic heterocycles. The molecular formula is C9H4FIN2OS. The van der Waals surface area contributed by atoms with E-state index in [-0.39, 0.29) is 21.5 Å². The first kappa shape index (κ1) is 10.6. The van der Waals surface area contributed by atoms with Crippen LogP contribution in [0.15, 0.2) is 6.07 Å². The number of nitrogens with zero attached hydrogens (tertiary/aromatic N) is 1. The van der Waals surface area contributed by atoms with Crippen molar-refractivity contribution in [3.8, 4) is 11.8 Å². The lowest BCUT2D eigenvalue weighted by Gasteiger charge is -2.21. The van der Waals surface area contributed by atoms with Crippen LogP contribution in [-0.4, -0.2) is 11.6 Å². The van der Waals surface area contributed by atoms with Crippen LogP contribution in [0.2, 0.25) is 0 Å². The summed E-state index contributed by atoms with van der Waals surface area (Å²) in [7, 11) is 0. The van der Waals surface area contributed by atoms with E-state index in [9.17, 15) is 4.39 Å². The summed E-state index contributed by atoms with van der Waals surface area (Å²) in [6, 6.07) is 3.45. The van der Waals surface area contributed by atoms with Gasteiger partial charge in [0.05, 0.1) is 14.8 Å². The normalized spacial score (nSPS) is 13.5. The third-order valence-electron chi connectivity index (χ3n) is 1.90. The lowest BCUT2D eigenvalue weighted by atomic mass is 10.2. The fourth-order valence-electron chi connectivity index (χ4n) is 1.25. The van der Waals surface area contributed by atoms with Gasteiger partial charge in [0.25, 0.3) is 0 Å². The molecule has 0 spiro atoms. The van der Waals surface area contributed by atoms with Crippen molar-refractivity contribution in [1.29, 1.82) is 5.26 Å². The molecule has 0 fully saturated rings. The lowest BCUT2D eigenvalue weighted by Crippen LogP contribution is -2.24. The maximum atomic E-state index is 13.7. The minimum atomic E-state index is -0.514. The Kier molecular flexibility index (Phi) is 2.75. The molecule has 0 amide bonds. The highest BCUT2D eigenvalue weighted by molar-refractivity contribution is 14.1. The summed E-state index contributed by atoms with van der Waals surface area (Å²) < 4.78 is 19.1. The van der Waals surface area contributed by atoms with Crippen LogP contribution in [0.3, 0.4) is 0 Å². The largest absolute Gasteiger partial charge is 0.481 e. The summed E-state index contributed by atoms with van der Waals surface area (Å²) in [6.07, 6.45) is 0. The van der Waals surface area contributed by atoms with Crippen LogP contribution in [0.1, 0.15) is 5.56 Å². The molecule has 1 aromatic carbocycles. The number of ether oxygens (including phenoxy) is 1. The molecule has 0 saturated heterocycles. The Labute approximate surface area is 104 Å². The Morgan fingerprint density at radius 1 is 1.67 bits per heavy atom. The minimum Gasteiger partial charge on any atom is -0.481 e. The molecule has 1 heterocycles. The maximum absolute atomic E-state index is 13.7. The van der Waals surface area contributed by atoms with Crippen molar-refractivity contribution in [2.24, 2.45) is 0 Å². The SMILES string of the molecule is N#Cc1cc2c(c(F)c1I)OCC(=S)N2. The lowest BCUT2D eigenvalue weighted by molar-refractivity contribution is 0.351. The van der Waals surface area contributed by atoms with Gasteiger partial charge in [0.2, 0.25) is 0 Å². The molecule has 6 heteroatoms. The van der Waals surface area contributed by atoms with Gasteiger partial charge in [-0.2, -0.15) is 5.26 Å². The van der Waals surface area contributed by atoms with E-state index in [1.807, 2.05) is 6.07 Å². The zero-order valence-electron chi connectivity index (χ0n) is 7.30. The molecule has 0 aliphatic carbocycles. The number of rotatable bonds is 0. The summed E-state index contributed by atoms with van der Waals surface area (Å²) in [6.45, 7) is 0.168. The summed E-state index contributed by atoms with van der Waals surface area (Å²) in [4.78, 5) is 0.479. The minimum absolute atomic E-state index is 0.131. The number of nitrogens with one attached hydrogen (secondary N) is 1. The van der Waals surface area contributed by atoms with Crippen LogP contribution < -0.4 is 10.1 Å². The maximum Gasteiger partial charge on any atom is 0.181 e. The van der Waals surface area contributed by atoms with Gasteiger partial charge in [0, 0.05) is 0 Å². The summed E-state index contributed by atoms with van der Waals surface area (Å²) in [5.74, 6) is -0.383. The van der Waals surface area contributed by atoms with Gasteiger partial charge in [-0.1, -0.05) is 12.2 Å². The zero-order valence-corrected chi connectivity index (χ0v) is 10.3. The van der Waals surface area contributed by atoms with Crippen molar-refractivity contribution in [2.45, 2.75) is 0 Å². The van der Waals surface area contributed by atoms with Crippen LogP contribution in [0, 0.1) is 20.7 Å². The average molecular weight is 334 g/mol. The van der Waals surface area contributed by atoms with E-state index in [0.717, 1.165) is 0 Å². The van der Waals surface area contributed by atoms with E-state index in [0.29, 0.717) is 10.7 Å². The molecule has 76 valence electrons.